The molecule has 0 heterocycles. The molecule has 0 rings (SSSR count). The van der Waals surface area contributed by atoms with Gasteiger partial charge in [-0.1, -0.05) is 12.8 Å². The zero-order valence-electron chi connectivity index (χ0n) is 8.63. The summed E-state index contributed by atoms with van der Waals surface area (Å²) in [6.07, 6.45) is 4.90. The second-order valence-corrected chi connectivity index (χ2v) is 7.17. The van der Waals surface area contributed by atoms with Crippen molar-refractivity contribution in [2.24, 2.45) is 11.5 Å². The molecule has 4 N–H and O–H groups in total. The molecule has 3 nitrogen and oxygen atoms in total. The smallest absolute Gasteiger partial charge is 0.146 e. The summed E-state index contributed by atoms with van der Waals surface area (Å²) in [5.41, 5.74) is 10.8. The van der Waals surface area contributed by atoms with Gasteiger partial charge in [-0.2, -0.15) is 0 Å². The second kappa shape index (κ2) is 12.3. The lowest BCUT2D eigenvalue weighted by Crippen LogP contribution is -2.06. The van der Waals surface area contributed by atoms with Crippen molar-refractivity contribution in [3.63, 3.8) is 0 Å². The standard InChI is InChI=1S/C8H24N2OSi2/c9-5-1-3-7-12-11-13-8-4-2-6-10/h1-10,12-13H2. The first-order valence-corrected chi connectivity index (χ1v) is 8.55. The van der Waals surface area contributed by atoms with Crippen LogP contribution in [0.2, 0.25) is 12.1 Å². The predicted molar refractivity (Wildman–Crippen MR) is 64.4 cm³/mol. The molecule has 0 aliphatic heterocycles. The highest BCUT2D eigenvalue weighted by molar-refractivity contribution is 6.42. The van der Waals surface area contributed by atoms with E-state index in [1.807, 2.05) is 0 Å². The molecule has 13 heavy (non-hydrogen) atoms. The molecular weight excluding hydrogens is 196 g/mol. The van der Waals surface area contributed by atoms with Crippen molar-refractivity contribution in [3.8, 4) is 0 Å². The molecule has 0 bridgehead atoms. The van der Waals surface area contributed by atoms with Crippen molar-refractivity contribution >= 4 is 19.5 Å². The number of hydrogen-bond donors (Lipinski definition) is 2. The van der Waals surface area contributed by atoms with E-state index in [2.05, 4.69) is 0 Å². The molecule has 0 fully saturated rings. The first kappa shape index (κ1) is 13.3. The van der Waals surface area contributed by atoms with Gasteiger partial charge in [0.05, 0.1) is 0 Å². The van der Waals surface area contributed by atoms with Crippen LogP contribution in [0.15, 0.2) is 0 Å². The Bertz CT molecular complexity index is 86.2. The van der Waals surface area contributed by atoms with Gasteiger partial charge in [0.15, 0.2) is 0 Å². The molecule has 0 spiro atoms. The van der Waals surface area contributed by atoms with Crippen LogP contribution >= 0.6 is 0 Å². The third-order valence-electron chi connectivity index (χ3n) is 1.99. The minimum absolute atomic E-state index is 0.168. The van der Waals surface area contributed by atoms with E-state index in [4.69, 9.17) is 15.6 Å². The second-order valence-electron chi connectivity index (χ2n) is 3.31. The summed E-state index contributed by atoms with van der Waals surface area (Å²) in [5.74, 6) is 0. The number of unbranched alkanes of at least 4 members (excludes halogenated alkanes) is 2. The highest BCUT2D eigenvalue weighted by Crippen LogP contribution is 1.96. The Kier molecular flexibility index (Phi) is 12.6. The fraction of sp³-hybridized carbons (Fsp3) is 1.00. The SMILES string of the molecule is NCCCC[SiH2]O[SiH2]CCCCN. The molecule has 80 valence electrons. The van der Waals surface area contributed by atoms with E-state index in [0.717, 1.165) is 13.1 Å². The monoisotopic (exact) mass is 220 g/mol. The first-order chi connectivity index (χ1) is 6.41. The van der Waals surface area contributed by atoms with Crippen LogP contribution in [0.5, 0.6) is 0 Å². The van der Waals surface area contributed by atoms with Gasteiger partial charge < -0.3 is 15.6 Å². The van der Waals surface area contributed by atoms with E-state index in [0.29, 0.717) is 0 Å². The van der Waals surface area contributed by atoms with E-state index in [-0.39, 0.29) is 19.5 Å². The van der Waals surface area contributed by atoms with E-state index in [1.54, 1.807) is 0 Å². The molecule has 0 aromatic carbocycles. The highest BCUT2D eigenvalue weighted by Gasteiger charge is 1.91. The van der Waals surface area contributed by atoms with Crippen molar-refractivity contribution in [1.82, 2.24) is 0 Å². The molecule has 0 unspecified atom stereocenters. The zero-order valence-corrected chi connectivity index (χ0v) is 11.5. The summed E-state index contributed by atoms with van der Waals surface area (Å²) in [6, 6.07) is 2.64. The van der Waals surface area contributed by atoms with Gasteiger partial charge >= 0.3 is 0 Å². The van der Waals surface area contributed by atoms with Crippen LogP contribution in [-0.2, 0) is 4.12 Å². The largest absolute Gasteiger partial charge is 0.465 e. The number of nitrogens with two attached hydrogens (primary N) is 2. The van der Waals surface area contributed by atoms with E-state index in [1.165, 1.54) is 37.8 Å². The van der Waals surface area contributed by atoms with E-state index in [9.17, 15) is 0 Å². The normalized spacial score (nSPS) is 12.5. The lowest BCUT2D eigenvalue weighted by atomic mass is 10.3. The van der Waals surface area contributed by atoms with Crippen LogP contribution in [0.1, 0.15) is 25.7 Å². The maximum Gasteiger partial charge on any atom is 0.146 e. The Labute approximate surface area is 86.5 Å². The van der Waals surface area contributed by atoms with Crippen molar-refractivity contribution < 1.29 is 4.12 Å². The van der Waals surface area contributed by atoms with Gasteiger partial charge in [0.25, 0.3) is 0 Å². The Morgan fingerprint density at radius 1 is 0.769 bits per heavy atom. The molecule has 0 aliphatic rings. The molecular formula is C8H24N2OSi2. The molecule has 0 radical (unpaired) electrons. The molecule has 0 saturated heterocycles. The average Bonchev–Trinajstić information content (AvgIpc) is 2.16. The molecule has 0 aliphatic carbocycles. The quantitative estimate of drug-likeness (QED) is 0.385. The summed E-state index contributed by atoms with van der Waals surface area (Å²) < 4.78 is 5.72. The minimum atomic E-state index is -0.168. The fourth-order valence-corrected chi connectivity index (χ4v) is 4.72. The Morgan fingerprint density at radius 2 is 1.23 bits per heavy atom. The van der Waals surface area contributed by atoms with Crippen LogP contribution in [0.25, 0.3) is 0 Å². The molecule has 0 amide bonds. The van der Waals surface area contributed by atoms with Gasteiger partial charge in [0.1, 0.15) is 19.5 Å². The van der Waals surface area contributed by atoms with E-state index >= 15 is 0 Å². The lowest BCUT2D eigenvalue weighted by molar-refractivity contribution is 0.617. The molecule has 0 aromatic rings. The molecule has 5 heteroatoms. The maximum absolute atomic E-state index is 5.72. The van der Waals surface area contributed by atoms with Crippen LogP contribution < -0.4 is 11.5 Å². The van der Waals surface area contributed by atoms with Crippen molar-refractivity contribution in [1.29, 1.82) is 0 Å². The third-order valence-corrected chi connectivity index (χ3v) is 5.87. The summed E-state index contributed by atoms with van der Waals surface area (Å²) >= 11 is 0. The van der Waals surface area contributed by atoms with Gasteiger partial charge in [-0.3, -0.25) is 0 Å². The lowest BCUT2D eigenvalue weighted by Gasteiger charge is -2.02. The van der Waals surface area contributed by atoms with E-state index < -0.39 is 0 Å². The average molecular weight is 220 g/mol. The topological polar surface area (TPSA) is 61.3 Å². The summed E-state index contributed by atoms with van der Waals surface area (Å²) in [4.78, 5) is 0. The van der Waals surface area contributed by atoms with Gasteiger partial charge in [-0.05, 0) is 38.0 Å². The molecule has 0 saturated carbocycles. The van der Waals surface area contributed by atoms with Crippen LogP contribution in [0.4, 0.5) is 0 Å². The zero-order chi connectivity index (χ0) is 9.78. The van der Waals surface area contributed by atoms with Gasteiger partial charge in [0, 0.05) is 0 Å². The van der Waals surface area contributed by atoms with Gasteiger partial charge in [0.2, 0.25) is 0 Å². The summed E-state index contributed by atoms with van der Waals surface area (Å²) in [7, 11) is -0.337. The molecule has 0 aromatic heterocycles. The number of rotatable bonds is 10. The van der Waals surface area contributed by atoms with Crippen LogP contribution in [0.3, 0.4) is 0 Å². The van der Waals surface area contributed by atoms with Crippen LogP contribution in [0, 0.1) is 0 Å². The predicted octanol–water partition coefficient (Wildman–Crippen LogP) is -0.515. The van der Waals surface area contributed by atoms with Gasteiger partial charge in [-0.15, -0.1) is 0 Å². The van der Waals surface area contributed by atoms with Crippen molar-refractivity contribution in [2.75, 3.05) is 13.1 Å². The fourth-order valence-electron chi connectivity index (χ4n) is 1.15. The Balaban J connectivity index is 2.76. The summed E-state index contributed by atoms with van der Waals surface area (Å²) in [6.45, 7) is 1.67. The van der Waals surface area contributed by atoms with Gasteiger partial charge in [-0.25, -0.2) is 0 Å². The summed E-state index contributed by atoms with van der Waals surface area (Å²) in [5, 5.41) is 0. The maximum atomic E-state index is 5.72. The van der Waals surface area contributed by atoms with Crippen molar-refractivity contribution in [3.05, 3.63) is 0 Å². The third kappa shape index (κ3) is 12.3. The minimum Gasteiger partial charge on any atom is -0.465 e. The highest BCUT2D eigenvalue weighted by atomic mass is 28.3. The molecule has 0 atom stereocenters. The van der Waals surface area contributed by atoms with Crippen molar-refractivity contribution in [2.45, 2.75) is 37.8 Å². The first-order valence-electron chi connectivity index (χ1n) is 5.39. The Morgan fingerprint density at radius 3 is 1.62 bits per heavy atom. The Hall–Kier alpha value is 0.314. The van der Waals surface area contributed by atoms with Crippen LogP contribution in [-0.4, -0.2) is 32.6 Å². The number of hydrogen-bond acceptors (Lipinski definition) is 3.